The minimum Gasteiger partial charge on any atom is -0.323 e. The molecule has 0 aromatic carbocycles. The SMILES string of the molecule is CCCCCCCCCCCCNC(C)(P(=O)(O)O)P(=O)(O)O. The van der Waals surface area contributed by atoms with E-state index < -0.39 is 20.2 Å². The van der Waals surface area contributed by atoms with Crippen LogP contribution in [0.25, 0.3) is 0 Å². The van der Waals surface area contributed by atoms with Gasteiger partial charge in [0.2, 0.25) is 5.02 Å². The molecule has 0 aromatic heterocycles. The molecule has 140 valence electrons. The number of unbranched alkanes of at least 4 members (excludes halogenated alkanes) is 9. The van der Waals surface area contributed by atoms with Crippen LogP contribution in [0.5, 0.6) is 0 Å². The van der Waals surface area contributed by atoms with Gasteiger partial charge in [-0.15, -0.1) is 0 Å². The quantitative estimate of drug-likeness (QED) is 0.233. The normalized spacial score (nSPS) is 13.5. The summed E-state index contributed by atoms with van der Waals surface area (Å²) >= 11 is 0. The van der Waals surface area contributed by atoms with Gasteiger partial charge in [0.25, 0.3) is 0 Å². The molecule has 0 atom stereocenters. The summed E-state index contributed by atoms with van der Waals surface area (Å²) in [5, 5.41) is -0.126. The Balaban J connectivity index is 3.86. The van der Waals surface area contributed by atoms with Crippen LogP contribution in [0.15, 0.2) is 0 Å². The summed E-state index contributed by atoms with van der Waals surface area (Å²) in [6.45, 7) is 3.24. The molecule has 0 spiro atoms. The Labute approximate surface area is 139 Å². The first-order chi connectivity index (χ1) is 10.6. The Bertz CT molecular complexity index is 384. The van der Waals surface area contributed by atoms with Crippen molar-refractivity contribution in [2.24, 2.45) is 0 Å². The highest BCUT2D eigenvalue weighted by Crippen LogP contribution is 2.67. The lowest BCUT2D eigenvalue weighted by atomic mass is 10.1. The first-order valence-corrected chi connectivity index (χ1v) is 11.6. The second kappa shape index (κ2) is 11.0. The van der Waals surface area contributed by atoms with Crippen LogP contribution in [0.4, 0.5) is 0 Å². The fourth-order valence-corrected chi connectivity index (χ4v) is 4.31. The van der Waals surface area contributed by atoms with Gasteiger partial charge in [0.05, 0.1) is 0 Å². The molecule has 9 heteroatoms. The number of hydrogen-bond donors (Lipinski definition) is 5. The van der Waals surface area contributed by atoms with Gasteiger partial charge in [0.15, 0.2) is 0 Å². The van der Waals surface area contributed by atoms with Crippen LogP contribution in [0.3, 0.4) is 0 Å². The van der Waals surface area contributed by atoms with E-state index in [4.69, 9.17) is 0 Å². The molecule has 0 heterocycles. The highest BCUT2D eigenvalue weighted by atomic mass is 31.2. The Hall–Kier alpha value is 0.260. The minimum absolute atomic E-state index is 0.170. The van der Waals surface area contributed by atoms with Gasteiger partial charge in [-0.05, 0) is 19.9 Å². The zero-order valence-electron chi connectivity index (χ0n) is 14.3. The molecule has 23 heavy (non-hydrogen) atoms. The van der Waals surface area contributed by atoms with Gasteiger partial charge in [-0.1, -0.05) is 64.7 Å². The fraction of sp³-hybridized carbons (Fsp3) is 1.00. The van der Waals surface area contributed by atoms with Crippen molar-refractivity contribution in [2.75, 3.05) is 6.54 Å². The van der Waals surface area contributed by atoms with Crippen molar-refractivity contribution in [3.63, 3.8) is 0 Å². The lowest BCUT2D eigenvalue weighted by Crippen LogP contribution is -2.42. The molecule has 0 aliphatic heterocycles. The fourth-order valence-electron chi connectivity index (χ4n) is 2.31. The summed E-state index contributed by atoms with van der Waals surface area (Å²) in [7, 11) is -9.93. The van der Waals surface area contributed by atoms with E-state index in [1.54, 1.807) is 0 Å². The second-order valence-electron chi connectivity index (χ2n) is 6.22. The van der Waals surface area contributed by atoms with Crippen LogP contribution in [0, 0.1) is 0 Å². The van der Waals surface area contributed by atoms with E-state index in [0.717, 1.165) is 26.2 Å². The van der Waals surface area contributed by atoms with E-state index >= 15 is 0 Å². The molecule has 0 radical (unpaired) electrons. The zero-order valence-corrected chi connectivity index (χ0v) is 16.1. The highest BCUT2D eigenvalue weighted by molar-refractivity contribution is 7.72. The van der Waals surface area contributed by atoms with Gasteiger partial charge >= 0.3 is 15.2 Å². The van der Waals surface area contributed by atoms with Crippen molar-refractivity contribution in [1.82, 2.24) is 5.32 Å². The lowest BCUT2D eigenvalue weighted by molar-refractivity contribution is 0.294. The summed E-state index contributed by atoms with van der Waals surface area (Å²) in [5.74, 6) is 0. The van der Waals surface area contributed by atoms with Crippen molar-refractivity contribution in [3.8, 4) is 0 Å². The third kappa shape index (κ3) is 8.78. The molecule has 0 aromatic rings. The van der Waals surface area contributed by atoms with Gasteiger partial charge in [-0.2, -0.15) is 0 Å². The maximum atomic E-state index is 11.4. The Morgan fingerprint density at radius 3 is 1.43 bits per heavy atom. The maximum Gasteiger partial charge on any atom is 0.357 e. The van der Waals surface area contributed by atoms with E-state index in [1.807, 2.05) is 0 Å². The summed E-state index contributed by atoms with van der Waals surface area (Å²) < 4.78 is 22.7. The van der Waals surface area contributed by atoms with Crippen LogP contribution in [0.2, 0.25) is 0 Å². The van der Waals surface area contributed by atoms with Gasteiger partial charge in [0, 0.05) is 0 Å². The molecule has 0 unspecified atom stereocenters. The van der Waals surface area contributed by atoms with E-state index in [-0.39, 0.29) is 6.54 Å². The third-order valence-electron chi connectivity index (χ3n) is 4.12. The molecule has 0 aliphatic carbocycles. The average molecular weight is 373 g/mol. The van der Waals surface area contributed by atoms with Gasteiger partial charge in [-0.3, -0.25) is 14.4 Å². The molecule has 0 amide bonds. The zero-order chi connectivity index (χ0) is 18.0. The Morgan fingerprint density at radius 2 is 1.09 bits per heavy atom. The van der Waals surface area contributed by atoms with Crippen LogP contribution in [-0.4, -0.2) is 31.1 Å². The molecule has 0 saturated heterocycles. The predicted octanol–water partition coefficient (Wildman–Crippen LogP) is 3.53. The summed E-state index contributed by atoms with van der Waals surface area (Å²) in [5.41, 5.74) is 0. The van der Waals surface area contributed by atoms with E-state index in [1.165, 1.54) is 38.5 Å². The average Bonchev–Trinajstić information content (AvgIpc) is 2.42. The van der Waals surface area contributed by atoms with Crippen molar-refractivity contribution in [1.29, 1.82) is 0 Å². The molecule has 0 bridgehead atoms. The molecule has 7 nitrogen and oxygen atoms in total. The largest absolute Gasteiger partial charge is 0.357 e. The smallest absolute Gasteiger partial charge is 0.323 e. The monoisotopic (exact) mass is 373 g/mol. The van der Waals surface area contributed by atoms with Crippen LogP contribution in [0.1, 0.15) is 78.1 Å². The first kappa shape index (κ1) is 23.3. The molecule has 5 N–H and O–H groups in total. The number of rotatable bonds is 14. The minimum atomic E-state index is -4.96. The van der Waals surface area contributed by atoms with Crippen molar-refractivity contribution >= 4 is 15.2 Å². The molecule has 0 fully saturated rings. The first-order valence-electron chi connectivity index (χ1n) is 8.42. The molecular formula is C14H33NO6P2. The van der Waals surface area contributed by atoms with Crippen LogP contribution < -0.4 is 5.32 Å². The molecule has 0 rings (SSSR count). The Morgan fingerprint density at radius 1 is 0.739 bits per heavy atom. The standard InChI is InChI=1S/C14H33NO6P2/c1-3-4-5-6-7-8-9-10-11-12-13-15-14(2,22(16,17)18)23(19,20)21/h15H,3-13H2,1-2H3,(H2,16,17,18)(H2,19,20,21). The highest BCUT2D eigenvalue weighted by Gasteiger charge is 2.56. The van der Waals surface area contributed by atoms with Crippen LogP contribution >= 0.6 is 15.2 Å². The summed E-state index contributed by atoms with van der Waals surface area (Å²) in [4.78, 5) is 36.8. The molecular weight excluding hydrogens is 340 g/mol. The summed E-state index contributed by atoms with van der Waals surface area (Å²) in [6.07, 6.45) is 11.2. The summed E-state index contributed by atoms with van der Waals surface area (Å²) in [6, 6.07) is 0. The van der Waals surface area contributed by atoms with Crippen molar-refractivity contribution in [2.45, 2.75) is 83.1 Å². The lowest BCUT2D eigenvalue weighted by Gasteiger charge is -2.31. The topological polar surface area (TPSA) is 127 Å². The Kier molecular flexibility index (Phi) is 11.1. The number of hydrogen-bond acceptors (Lipinski definition) is 3. The van der Waals surface area contributed by atoms with Crippen molar-refractivity contribution in [3.05, 3.63) is 0 Å². The van der Waals surface area contributed by atoms with Crippen molar-refractivity contribution < 1.29 is 28.7 Å². The second-order valence-corrected chi connectivity index (χ2v) is 10.5. The van der Waals surface area contributed by atoms with E-state index in [9.17, 15) is 28.7 Å². The maximum absolute atomic E-state index is 11.4. The van der Waals surface area contributed by atoms with E-state index in [2.05, 4.69) is 12.2 Å². The molecule has 0 saturated carbocycles. The van der Waals surface area contributed by atoms with Crippen LogP contribution in [-0.2, 0) is 9.13 Å². The van der Waals surface area contributed by atoms with E-state index in [0.29, 0.717) is 6.42 Å². The van der Waals surface area contributed by atoms with Gasteiger partial charge in [-0.25, -0.2) is 0 Å². The predicted molar refractivity (Wildman–Crippen MR) is 92.3 cm³/mol. The molecule has 0 aliphatic rings. The third-order valence-corrected chi connectivity index (χ3v) is 8.27. The number of nitrogens with one attached hydrogen (secondary N) is 1. The van der Waals surface area contributed by atoms with Gasteiger partial charge in [0.1, 0.15) is 0 Å². The van der Waals surface area contributed by atoms with Gasteiger partial charge < -0.3 is 19.6 Å².